The minimum Gasteiger partial charge on any atom is -0.383 e. The number of ether oxygens (including phenoxy) is 1. The lowest BCUT2D eigenvalue weighted by atomic mass is 10.4. The summed E-state index contributed by atoms with van der Waals surface area (Å²) in [5.74, 6) is 0.143. The molecule has 0 radical (unpaired) electrons. The lowest BCUT2D eigenvalue weighted by Crippen LogP contribution is -2.27. The Bertz CT molecular complexity index is 884. The predicted molar refractivity (Wildman–Crippen MR) is 88.6 cm³/mol. The third-order valence-corrected chi connectivity index (χ3v) is 5.74. The minimum absolute atomic E-state index is 0.0853. The Morgan fingerprint density at radius 2 is 1.71 bits per heavy atom. The van der Waals surface area contributed by atoms with Gasteiger partial charge in [-0.25, -0.2) is 26.5 Å². The van der Waals surface area contributed by atoms with Crippen molar-refractivity contribution < 1.29 is 21.6 Å². The van der Waals surface area contributed by atoms with Gasteiger partial charge in [0.15, 0.2) is 0 Å². The lowest BCUT2D eigenvalue weighted by molar-refractivity contribution is 0.204. The molecule has 0 saturated heterocycles. The van der Waals surface area contributed by atoms with Gasteiger partial charge in [0.25, 0.3) is 10.0 Å². The SMILES string of the molecule is COCCNS(=O)(=O)c1cccc(S(=O)(=O)Nc2ccccn2)c1. The van der Waals surface area contributed by atoms with Crippen molar-refractivity contribution in [1.82, 2.24) is 9.71 Å². The van der Waals surface area contributed by atoms with Gasteiger partial charge < -0.3 is 4.74 Å². The molecule has 1 aromatic carbocycles. The number of methoxy groups -OCH3 is 1. The van der Waals surface area contributed by atoms with Gasteiger partial charge in [-0.05, 0) is 30.3 Å². The molecule has 0 fully saturated rings. The molecule has 2 aromatic rings. The summed E-state index contributed by atoms with van der Waals surface area (Å²) in [7, 11) is -6.33. The number of hydrogen-bond donors (Lipinski definition) is 2. The average molecular weight is 371 g/mol. The van der Waals surface area contributed by atoms with E-state index in [1.165, 1.54) is 37.6 Å². The van der Waals surface area contributed by atoms with Gasteiger partial charge in [0, 0.05) is 19.9 Å². The number of anilines is 1. The van der Waals surface area contributed by atoms with E-state index in [0.29, 0.717) is 0 Å². The average Bonchev–Trinajstić information content (AvgIpc) is 2.56. The van der Waals surface area contributed by atoms with Gasteiger partial charge in [-0.3, -0.25) is 4.72 Å². The van der Waals surface area contributed by atoms with Crippen LogP contribution in [0.4, 0.5) is 5.82 Å². The van der Waals surface area contributed by atoms with Gasteiger partial charge in [0.1, 0.15) is 5.82 Å². The van der Waals surface area contributed by atoms with E-state index >= 15 is 0 Å². The van der Waals surface area contributed by atoms with Crippen molar-refractivity contribution in [2.75, 3.05) is 25.0 Å². The van der Waals surface area contributed by atoms with Crippen LogP contribution in [0, 0.1) is 0 Å². The predicted octanol–water partition coefficient (Wildman–Crippen LogP) is 0.807. The summed E-state index contributed by atoms with van der Waals surface area (Å²) >= 11 is 0. The summed E-state index contributed by atoms with van der Waals surface area (Å²) in [4.78, 5) is 3.55. The van der Waals surface area contributed by atoms with Crippen molar-refractivity contribution in [3.05, 3.63) is 48.7 Å². The van der Waals surface area contributed by atoms with E-state index in [2.05, 4.69) is 14.4 Å². The Morgan fingerprint density at radius 3 is 2.33 bits per heavy atom. The Kier molecular flexibility index (Phi) is 5.89. The van der Waals surface area contributed by atoms with E-state index in [1.807, 2.05) is 0 Å². The normalized spacial score (nSPS) is 12.0. The first kappa shape index (κ1) is 18.3. The van der Waals surface area contributed by atoms with Crippen LogP contribution in [0.15, 0.2) is 58.5 Å². The summed E-state index contributed by atoms with van der Waals surface area (Å²) in [6, 6.07) is 9.83. The maximum absolute atomic E-state index is 12.4. The van der Waals surface area contributed by atoms with Gasteiger partial charge in [-0.15, -0.1) is 0 Å². The largest absolute Gasteiger partial charge is 0.383 e. The molecule has 0 bridgehead atoms. The van der Waals surface area contributed by atoms with E-state index < -0.39 is 20.0 Å². The highest BCUT2D eigenvalue weighted by Crippen LogP contribution is 2.18. The maximum atomic E-state index is 12.4. The fourth-order valence-electron chi connectivity index (χ4n) is 1.79. The summed E-state index contributed by atoms with van der Waals surface area (Å²) < 4.78 is 58.4. The monoisotopic (exact) mass is 371 g/mol. The smallest absolute Gasteiger partial charge is 0.263 e. The van der Waals surface area contributed by atoms with E-state index in [0.717, 1.165) is 6.07 Å². The van der Waals surface area contributed by atoms with Crippen LogP contribution in [0.25, 0.3) is 0 Å². The quantitative estimate of drug-likeness (QED) is 0.664. The Balaban J connectivity index is 2.26. The first-order chi connectivity index (χ1) is 11.3. The second-order valence-electron chi connectivity index (χ2n) is 4.69. The highest BCUT2D eigenvalue weighted by molar-refractivity contribution is 7.93. The van der Waals surface area contributed by atoms with E-state index in [-0.39, 0.29) is 28.8 Å². The zero-order valence-corrected chi connectivity index (χ0v) is 14.5. The van der Waals surface area contributed by atoms with Crippen molar-refractivity contribution in [2.45, 2.75) is 9.79 Å². The number of sulfonamides is 2. The molecule has 1 heterocycles. The van der Waals surface area contributed by atoms with Crippen LogP contribution < -0.4 is 9.44 Å². The zero-order chi connectivity index (χ0) is 17.6. The van der Waals surface area contributed by atoms with Gasteiger partial charge in [-0.2, -0.15) is 0 Å². The zero-order valence-electron chi connectivity index (χ0n) is 12.8. The number of hydrogen-bond acceptors (Lipinski definition) is 6. The second kappa shape index (κ2) is 7.71. The Labute approximate surface area is 141 Å². The van der Waals surface area contributed by atoms with Crippen LogP contribution in [0.2, 0.25) is 0 Å². The number of rotatable bonds is 8. The van der Waals surface area contributed by atoms with Crippen molar-refractivity contribution in [2.24, 2.45) is 0 Å². The van der Waals surface area contributed by atoms with Gasteiger partial charge in [-0.1, -0.05) is 12.1 Å². The second-order valence-corrected chi connectivity index (χ2v) is 8.14. The van der Waals surface area contributed by atoms with Crippen molar-refractivity contribution in [3.63, 3.8) is 0 Å². The molecule has 0 amide bonds. The van der Waals surface area contributed by atoms with Crippen LogP contribution in [-0.4, -0.2) is 42.1 Å². The summed E-state index contributed by atoms with van der Waals surface area (Å²) in [5, 5.41) is 0. The van der Waals surface area contributed by atoms with Gasteiger partial charge >= 0.3 is 0 Å². The van der Waals surface area contributed by atoms with Gasteiger partial charge in [0.05, 0.1) is 16.4 Å². The number of pyridine rings is 1. The Morgan fingerprint density at radius 1 is 1.00 bits per heavy atom. The molecule has 10 heteroatoms. The van der Waals surface area contributed by atoms with Crippen molar-refractivity contribution in [1.29, 1.82) is 0 Å². The summed E-state index contributed by atoms with van der Waals surface area (Å²) in [6.45, 7) is 0.292. The van der Waals surface area contributed by atoms with Crippen LogP contribution >= 0.6 is 0 Å². The molecule has 1 aromatic heterocycles. The van der Waals surface area contributed by atoms with Gasteiger partial charge in [0.2, 0.25) is 10.0 Å². The fraction of sp³-hybridized carbons (Fsp3) is 0.214. The molecule has 0 aliphatic carbocycles. The molecule has 0 unspecified atom stereocenters. The van der Waals surface area contributed by atoms with Crippen LogP contribution in [0.5, 0.6) is 0 Å². The highest BCUT2D eigenvalue weighted by atomic mass is 32.2. The molecule has 0 aliphatic rings. The lowest BCUT2D eigenvalue weighted by Gasteiger charge is -2.10. The molecule has 0 aliphatic heterocycles. The van der Waals surface area contributed by atoms with E-state index in [4.69, 9.17) is 4.74 Å². The van der Waals surface area contributed by atoms with E-state index in [9.17, 15) is 16.8 Å². The number of nitrogens with one attached hydrogen (secondary N) is 2. The fourth-order valence-corrected chi connectivity index (χ4v) is 3.98. The summed E-state index contributed by atoms with van der Waals surface area (Å²) in [6.07, 6.45) is 1.44. The summed E-state index contributed by atoms with van der Waals surface area (Å²) in [5.41, 5.74) is 0. The molecule has 0 atom stereocenters. The molecular formula is C14H17N3O5S2. The van der Waals surface area contributed by atoms with Crippen molar-refractivity contribution in [3.8, 4) is 0 Å². The minimum atomic E-state index is -3.95. The van der Waals surface area contributed by atoms with E-state index in [1.54, 1.807) is 12.1 Å². The molecule has 130 valence electrons. The van der Waals surface area contributed by atoms with Crippen LogP contribution in [0.3, 0.4) is 0 Å². The first-order valence-corrected chi connectivity index (χ1v) is 9.84. The molecular weight excluding hydrogens is 354 g/mol. The molecule has 0 spiro atoms. The topological polar surface area (TPSA) is 114 Å². The first-order valence-electron chi connectivity index (χ1n) is 6.88. The number of nitrogens with zero attached hydrogens (tertiary/aromatic N) is 1. The maximum Gasteiger partial charge on any atom is 0.263 e. The van der Waals surface area contributed by atoms with Crippen molar-refractivity contribution >= 4 is 25.9 Å². The number of benzene rings is 1. The third-order valence-electron chi connectivity index (χ3n) is 2.93. The molecule has 0 saturated carbocycles. The standard InChI is InChI=1S/C14H17N3O5S2/c1-22-10-9-16-23(18,19)12-5-4-6-13(11-12)24(20,21)17-14-7-2-3-8-15-14/h2-8,11,16H,9-10H2,1H3,(H,15,17). The molecule has 2 N–H and O–H groups in total. The molecule has 24 heavy (non-hydrogen) atoms. The van der Waals surface area contributed by atoms with Crippen LogP contribution in [0.1, 0.15) is 0 Å². The number of aromatic nitrogens is 1. The Hall–Kier alpha value is -2.01. The highest BCUT2D eigenvalue weighted by Gasteiger charge is 2.19. The molecule has 2 rings (SSSR count). The third kappa shape index (κ3) is 4.74. The van der Waals surface area contributed by atoms with Crippen LogP contribution in [-0.2, 0) is 24.8 Å². The molecule has 8 nitrogen and oxygen atoms in total.